The van der Waals surface area contributed by atoms with E-state index in [-0.39, 0.29) is 12.2 Å². The van der Waals surface area contributed by atoms with Gasteiger partial charge < -0.3 is 10.4 Å². The topological polar surface area (TPSA) is 84.2 Å². The lowest BCUT2D eigenvalue weighted by Gasteiger charge is -2.19. The van der Waals surface area contributed by atoms with Crippen molar-refractivity contribution in [3.8, 4) is 0 Å². The van der Waals surface area contributed by atoms with E-state index in [4.69, 9.17) is 0 Å². The molecule has 1 atom stereocenters. The van der Waals surface area contributed by atoms with Gasteiger partial charge in [0, 0.05) is 24.5 Å². The van der Waals surface area contributed by atoms with Crippen LogP contribution in [0.2, 0.25) is 0 Å². The maximum atomic E-state index is 12.4. The van der Waals surface area contributed by atoms with Crippen LogP contribution in [0.1, 0.15) is 28.0 Å². The summed E-state index contributed by atoms with van der Waals surface area (Å²) in [6, 6.07) is 6.84. The molecule has 6 nitrogen and oxygen atoms in total. The summed E-state index contributed by atoms with van der Waals surface area (Å²) >= 11 is 0. The van der Waals surface area contributed by atoms with Gasteiger partial charge in [0.15, 0.2) is 11.4 Å². The third kappa shape index (κ3) is 2.04. The minimum Gasteiger partial charge on any atom is -0.375 e. The number of Topliss-reactive ketones (excluding diaryl/α,β-unsaturated/α-hetero) is 1. The highest BCUT2D eigenvalue weighted by atomic mass is 16.3. The molecule has 6 heteroatoms. The first-order valence-corrected chi connectivity index (χ1v) is 6.58. The summed E-state index contributed by atoms with van der Waals surface area (Å²) in [7, 11) is 1.72. The van der Waals surface area contributed by atoms with Gasteiger partial charge in [-0.15, -0.1) is 0 Å². The molecule has 1 aliphatic rings. The zero-order valence-electron chi connectivity index (χ0n) is 11.8. The molecule has 0 saturated heterocycles. The molecule has 0 saturated carbocycles. The number of amides is 1. The first-order valence-electron chi connectivity index (χ1n) is 6.58. The number of fused-ring (bicyclic) bond motifs is 1. The van der Waals surface area contributed by atoms with Crippen LogP contribution >= 0.6 is 0 Å². The number of nitrogens with zero attached hydrogens (tertiary/aromatic N) is 2. The highest BCUT2D eigenvalue weighted by Gasteiger charge is 2.46. The minimum absolute atomic E-state index is 0.303. The van der Waals surface area contributed by atoms with Crippen molar-refractivity contribution in [1.82, 2.24) is 9.78 Å². The van der Waals surface area contributed by atoms with Gasteiger partial charge in [-0.05, 0) is 13.0 Å². The summed E-state index contributed by atoms with van der Waals surface area (Å²) in [5.41, 5.74) is 0.155. The van der Waals surface area contributed by atoms with Crippen molar-refractivity contribution in [3.63, 3.8) is 0 Å². The quantitative estimate of drug-likeness (QED) is 0.828. The maximum absolute atomic E-state index is 12.4. The number of ketones is 1. The molecular formula is C15H15N3O3. The molecule has 1 aromatic carbocycles. The molecule has 2 N–H and O–H groups in total. The number of hydrogen-bond acceptors (Lipinski definition) is 4. The Balaban J connectivity index is 1.96. The van der Waals surface area contributed by atoms with E-state index in [1.54, 1.807) is 44.4 Å². The molecule has 0 radical (unpaired) electrons. The molecule has 21 heavy (non-hydrogen) atoms. The number of carbonyl (C=O) groups excluding carboxylic acids is 2. The van der Waals surface area contributed by atoms with Crippen molar-refractivity contribution in [2.75, 3.05) is 5.32 Å². The Labute approximate surface area is 121 Å². The van der Waals surface area contributed by atoms with E-state index in [0.29, 0.717) is 22.5 Å². The Morgan fingerprint density at radius 2 is 2.14 bits per heavy atom. The summed E-state index contributed by atoms with van der Waals surface area (Å²) in [4.78, 5) is 24.5. The summed E-state index contributed by atoms with van der Waals surface area (Å²) in [6.07, 6.45) is 1.29. The van der Waals surface area contributed by atoms with Crippen molar-refractivity contribution in [2.24, 2.45) is 7.05 Å². The van der Waals surface area contributed by atoms with Crippen LogP contribution in [0.4, 0.5) is 5.69 Å². The highest BCUT2D eigenvalue weighted by molar-refractivity contribution is 6.09. The number of para-hydroxylation sites is 1. The number of aromatic nitrogens is 2. The molecule has 1 amide bonds. The zero-order chi connectivity index (χ0) is 15.2. The van der Waals surface area contributed by atoms with E-state index in [2.05, 4.69) is 10.4 Å². The molecule has 1 aliphatic heterocycles. The Bertz CT molecular complexity index is 750. The summed E-state index contributed by atoms with van der Waals surface area (Å²) in [5, 5.41) is 17.4. The SMILES string of the molecule is Cc1nn(C)cc1C(=O)CC1(O)C(=O)Nc2ccccc21. The Hall–Kier alpha value is -2.47. The van der Waals surface area contributed by atoms with Gasteiger partial charge in [0.1, 0.15) is 0 Å². The second-order valence-corrected chi connectivity index (χ2v) is 5.26. The number of carbonyl (C=O) groups is 2. The maximum Gasteiger partial charge on any atom is 0.261 e. The van der Waals surface area contributed by atoms with Gasteiger partial charge in [-0.25, -0.2) is 0 Å². The van der Waals surface area contributed by atoms with Crippen molar-refractivity contribution in [1.29, 1.82) is 0 Å². The van der Waals surface area contributed by atoms with Gasteiger partial charge in [-0.1, -0.05) is 18.2 Å². The summed E-state index contributed by atoms with van der Waals surface area (Å²) in [5.74, 6) is -0.881. The monoisotopic (exact) mass is 285 g/mol. The molecule has 108 valence electrons. The second-order valence-electron chi connectivity index (χ2n) is 5.26. The van der Waals surface area contributed by atoms with Crippen LogP contribution in [-0.2, 0) is 17.4 Å². The van der Waals surface area contributed by atoms with Gasteiger partial charge in [-0.3, -0.25) is 14.3 Å². The lowest BCUT2D eigenvalue weighted by atomic mass is 9.88. The number of aryl methyl sites for hydroxylation is 2. The standard InChI is InChI=1S/C15H15N3O3/c1-9-10(8-18(2)17-9)13(19)7-15(21)11-5-3-4-6-12(11)16-14(15)20/h3-6,8,21H,7H2,1-2H3,(H,16,20). The fourth-order valence-electron chi connectivity index (χ4n) is 2.68. The van der Waals surface area contributed by atoms with Gasteiger partial charge >= 0.3 is 0 Å². The number of hydrogen-bond donors (Lipinski definition) is 2. The predicted molar refractivity (Wildman–Crippen MR) is 75.9 cm³/mol. The number of benzene rings is 1. The van der Waals surface area contributed by atoms with Gasteiger partial charge in [-0.2, -0.15) is 5.10 Å². The van der Waals surface area contributed by atoms with Crippen LogP contribution in [-0.4, -0.2) is 26.6 Å². The number of nitrogens with one attached hydrogen (secondary N) is 1. The van der Waals surface area contributed by atoms with Crippen LogP contribution in [0.5, 0.6) is 0 Å². The van der Waals surface area contributed by atoms with E-state index in [9.17, 15) is 14.7 Å². The number of anilines is 1. The van der Waals surface area contributed by atoms with Crippen LogP contribution < -0.4 is 5.32 Å². The lowest BCUT2D eigenvalue weighted by Crippen LogP contribution is -2.36. The fraction of sp³-hybridized carbons (Fsp3) is 0.267. The van der Waals surface area contributed by atoms with Crippen LogP contribution in [0.25, 0.3) is 0 Å². The van der Waals surface area contributed by atoms with E-state index in [0.717, 1.165) is 0 Å². The third-order valence-electron chi connectivity index (χ3n) is 3.73. The fourth-order valence-corrected chi connectivity index (χ4v) is 2.68. The van der Waals surface area contributed by atoms with E-state index >= 15 is 0 Å². The molecule has 0 aliphatic carbocycles. The summed E-state index contributed by atoms with van der Waals surface area (Å²) in [6.45, 7) is 1.72. The van der Waals surface area contributed by atoms with Crippen LogP contribution in [0.15, 0.2) is 30.5 Å². The third-order valence-corrected chi connectivity index (χ3v) is 3.73. The Morgan fingerprint density at radius 1 is 1.43 bits per heavy atom. The number of rotatable bonds is 3. The van der Waals surface area contributed by atoms with E-state index in [1.165, 1.54) is 4.68 Å². The Kier molecular flexibility index (Phi) is 2.91. The lowest BCUT2D eigenvalue weighted by molar-refractivity contribution is -0.133. The van der Waals surface area contributed by atoms with Crippen molar-refractivity contribution < 1.29 is 14.7 Å². The smallest absolute Gasteiger partial charge is 0.261 e. The van der Waals surface area contributed by atoms with Crippen molar-refractivity contribution in [3.05, 3.63) is 47.3 Å². The van der Waals surface area contributed by atoms with E-state index in [1.807, 2.05) is 0 Å². The number of aliphatic hydroxyl groups is 1. The molecule has 3 rings (SSSR count). The summed E-state index contributed by atoms with van der Waals surface area (Å²) < 4.78 is 1.54. The van der Waals surface area contributed by atoms with Gasteiger partial charge in [0.05, 0.1) is 17.7 Å². The minimum atomic E-state index is -1.82. The van der Waals surface area contributed by atoms with E-state index < -0.39 is 11.5 Å². The average molecular weight is 285 g/mol. The molecule has 0 spiro atoms. The zero-order valence-corrected chi connectivity index (χ0v) is 11.8. The predicted octanol–water partition coefficient (Wildman–Crippen LogP) is 1.14. The molecular weight excluding hydrogens is 270 g/mol. The van der Waals surface area contributed by atoms with Gasteiger partial charge in [0.25, 0.3) is 5.91 Å². The van der Waals surface area contributed by atoms with Crippen LogP contribution in [0, 0.1) is 6.92 Å². The average Bonchev–Trinajstić information content (AvgIpc) is 2.89. The molecule has 1 unspecified atom stereocenters. The normalized spacial score (nSPS) is 20.2. The largest absolute Gasteiger partial charge is 0.375 e. The van der Waals surface area contributed by atoms with Crippen molar-refractivity contribution >= 4 is 17.4 Å². The van der Waals surface area contributed by atoms with Crippen LogP contribution in [0.3, 0.4) is 0 Å². The molecule has 0 bridgehead atoms. The van der Waals surface area contributed by atoms with Crippen molar-refractivity contribution in [2.45, 2.75) is 18.9 Å². The molecule has 0 fully saturated rings. The second kappa shape index (κ2) is 4.53. The van der Waals surface area contributed by atoms with Gasteiger partial charge in [0.2, 0.25) is 0 Å². The Morgan fingerprint density at radius 3 is 2.81 bits per heavy atom. The molecule has 2 heterocycles. The first-order chi connectivity index (χ1) is 9.91. The molecule has 1 aromatic heterocycles. The highest BCUT2D eigenvalue weighted by Crippen LogP contribution is 2.38. The molecule has 2 aromatic rings. The first kappa shape index (κ1) is 13.5.